The predicted molar refractivity (Wildman–Crippen MR) is 117 cm³/mol. The molecule has 29 heavy (non-hydrogen) atoms. The van der Waals surface area contributed by atoms with Gasteiger partial charge in [-0.15, -0.1) is 0 Å². The molecule has 0 N–H and O–H groups in total. The van der Waals surface area contributed by atoms with Gasteiger partial charge in [0.2, 0.25) is 0 Å². The molecule has 2 aromatic rings. The summed E-state index contributed by atoms with van der Waals surface area (Å²) < 4.78 is 8.17. The van der Waals surface area contributed by atoms with Crippen molar-refractivity contribution in [2.75, 3.05) is 20.2 Å². The van der Waals surface area contributed by atoms with Crippen LogP contribution in [0.4, 0.5) is 0 Å². The summed E-state index contributed by atoms with van der Waals surface area (Å²) in [6.45, 7) is 5.95. The first-order valence-electron chi connectivity index (χ1n) is 11.2. The minimum absolute atomic E-state index is 0.0210. The molecule has 1 saturated carbocycles. The molecule has 0 spiro atoms. The largest absolute Gasteiger partial charge is 0.465 e. The number of carbonyl (C=O) groups excluding carboxylic acids is 1. The van der Waals surface area contributed by atoms with Crippen LogP contribution < -0.4 is 0 Å². The smallest absolute Gasteiger partial charge is 0.308 e. The van der Waals surface area contributed by atoms with E-state index in [2.05, 4.69) is 60.8 Å². The quantitative estimate of drug-likeness (QED) is 0.699. The van der Waals surface area contributed by atoms with Crippen LogP contribution in [0.5, 0.6) is 0 Å². The van der Waals surface area contributed by atoms with Crippen molar-refractivity contribution in [3.63, 3.8) is 0 Å². The van der Waals surface area contributed by atoms with Gasteiger partial charge >= 0.3 is 5.97 Å². The van der Waals surface area contributed by atoms with E-state index in [4.69, 9.17) is 4.74 Å². The van der Waals surface area contributed by atoms with Crippen LogP contribution in [0, 0.1) is 11.8 Å². The summed E-state index contributed by atoms with van der Waals surface area (Å²) in [5.74, 6) is 0.423. The van der Waals surface area contributed by atoms with Crippen LogP contribution in [0.2, 0.25) is 0 Å². The summed E-state index contributed by atoms with van der Waals surface area (Å²) in [6, 6.07) is 7.58. The Morgan fingerprint density at radius 1 is 1.24 bits per heavy atom. The van der Waals surface area contributed by atoms with Gasteiger partial charge in [-0.25, -0.2) is 0 Å². The highest BCUT2D eigenvalue weighted by molar-refractivity contribution is 5.98. The van der Waals surface area contributed by atoms with Crippen molar-refractivity contribution >= 4 is 22.4 Å². The van der Waals surface area contributed by atoms with Crippen LogP contribution in [0.25, 0.3) is 16.5 Å². The Hall–Kier alpha value is -2.07. The highest BCUT2D eigenvalue weighted by Gasteiger charge is 2.35. The van der Waals surface area contributed by atoms with E-state index < -0.39 is 0 Å². The van der Waals surface area contributed by atoms with Crippen molar-refractivity contribution in [2.45, 2.75) is 58.0 Å². The van der Waals surface area contributed by atoms with E-state index in [1.165, 1.54) is 40.4 Å². The third-order valence-corrected chi connectivity index (χ3v) is 7.17. The molecule has 1 fully saturated rings. The predicted octanol–water partition coefficient (Wildman–Crippen LogP) is 4.83. The van der Waals surface area contributed by atoms with E-state index in [-0.39, 0.29) is 17.8 Å². The molecule has 1 aliphatic heterocycles. The van der Waals surface area contributed by atoms with Crippen molar-refractivity contribution in [2.24, 2.45) is 11.8 Å². The van der Waals surface area contributed by atoms with Gasteiger partial charge < -0.3 is 9.30 Å². The van der Waals surface area contributed by atoms with Crippen LogP contribution in [0.1, 0.15) is 56.7 Å². The molecule has 3 aliphatic rings. The minimum atomic E-state index is 0.0210. The number of carbonyl (C=O) groups is 1. The molecule has 2 heterocycles. The minimum Gasteiger partial charge on any atom is -0.465 e. The Morgan fingerprint density at radius 3 is 2.79 bits per heavy atom. The number of aromatic nitrogens is 1. The fraction of sp³-hybridized carbons (Fsp3) is 0.560. The standard InChI is InChI=1S/C25H32N2O2/c1-16(2)27-14-19-12-23-21(20-9-6-10-22(27)24(19)20)11-17(13-26(23)3)15-29-25(28)18-7-4-5-8-18/h6,9-11,14,16-18,23H,4-5,7-8,12-13,15H2,1-3H3/t17-,23-/m1/s1. The highest BCUT2D eigenvalue weighted by atomic mass is 16.5. The second-order valence-electron chi connectivity index (χ2n) is 9.51. The molecule has 5 rings (SSSR count). The lowest BCUT2D eigenvalue weighted by Gasteiger charge is -2.39. The number of benzene rings is 1. The lowest BCUT2D eigenvalue weighted by atomic mass is 9.80. The maximum Gasteiger partial charge on any atom is 0.308 e. The molecule has 0 bridgehead atoms. The van der Waals surface area contributed by atoms with Gasteiger partial charge in [0.1, 0.15) is 0 Å². The fourth-order valence-corrected chi connectivity index (χ4v) is 5.68. The van der Waals surface area contributed by atoms with Crippen LogP contribution in [-0.2, 0) is 16.0 Å². The molecular formula is C25H32N2O2. The number of esters is 1. The van der Waals surface area contributed by atoms with Gasteiger partial charge in [-0.1, -0.05) is 31.1 Å². The van der Waals surface area contributed by atoms with Crippen LogP contribution in [-0.4, -0.2) is 41.7 Å². The molecule has 0 saturated heterocycles. The van der Waals surface area contributed by atoms with Gasteiger partial charge in [0.15, 0.2) is 0 Å². The number of fused-ring (bicyclic) bond motifs is 2. The van der Waals surface area contributed by atoms with Crippen molar-refractivity contribution < 1.29 is 9.53 Å². The van der Waals surface area contributed by atoms with Gasteiger partial charge in [-0.3, -0.25) is 9.69 Å². The van der Waals surface area contributed by atoms with Crippen molar-refractivity contribution in [3.8, 4) is 0 Å². The second kappa shape index (κ2) is 7.32. The first kappa shape index (κ1) is 18.9. The Labute approximate surface area is 173 Å². The number of nitrogens with zero attached hydrogens (tertiary/aromatic N) is 2. The van der Waals surface area contributed by atoms with E-state index >= 15 is 0 Å². The SMILES string of the molecule is CC(C)n1cc2c3c(cccc31)C1=C[C@@H](COC(=O)C3CCCC3)CN(C)[C@@H]1C2. The Balaban J connectivity index is 1.44. The average molecular weight is 393 g/mol. The zero-order chi connectivity index (χ0) is 20.1. The van der Waals surface area contributed by atoms with E-state index in [1.807, 2.05) is 0 Å². The molecule has 4 heteroatoms. The fourth-order valence-electron chi connectivity index (χ4n) is 5.68. The summed E-state index contributed by atoms with van der Waals surface area (Å²) in [5.41, 5.74) is 5.58. The summed E-state index contributed by atoms with van der Waals surface area (Å²) in [7, 11) is 2.22. The first-order chi connectivity index (χ1) is 14.0. The summed E-state index contributed by atoms with van der Waals surface area (Å²) in [5, 5.41) is 1.42. The molecular weight excluding hydrogens is 360 g/mol. The van der Waals surface area contributed by atoms with Crippen LogP contribution >= 0.6 is 0 Å². The maximum atomic E-state index is 12.4. The molecule has 2 aliphatic carbocycles. The van der Waals surface area contributed by atoms with Crippen LogP contribution in [0.3, 0.4) is 0 Å². The number of hydrogen-bond donors (Lipinski definition) is 0. The molecule has 0 radical (unpaired) electrons. The number of rotatable bonds is 4. The van der Waals surface area contributed by atoms with Crippen molar-refractivity contribution in [1.29, 1.82) is 0 Å². The summed E-state index contributed by atoms with van der Waals surface area (Å²) >= 11 is 0. The Bertz CT molecular complexity index is 965. The molecule has 1 aromatic heterocycles. The zero-order valence-electron chi connectivity index (χ0n) is 17.9. The monoisotopic (exact) mass is 392 g/mol. The van der Waals surface area contributed by atoms with E-state index in [9.17, 15) is 4.79 Å². The third kappa shape index (κ3) is 3.22. The third-order valence-electron chi connectivity index (χ3n) is 7.17. The molecule has 1 aromatic carbocycles. The maximum absolute atomic E-state index is 12.4. The topological polar surface area (TPSA) is 34.5 Å². The van der Waals surface area contributed by atoms with E-state index in [1.54, 1.807) is 0 Å². The van der Waals surface area contributed by atoms with Gasteiger partial charge in [-0.05, 0) is 62.9 Å². The van der Waals surface area contributed by atoms with Crippen LogP contribution in [0.15, 0.2) is 30.5 Å². The number of hydrogen-bond acceptors (Lipinski definition) is 3. The molecule has 0 amide bonds. The average Bonchev–Trinajstić information content (AvgIpc) is 3.36. The van der Waals surface area contributed by atoms with Crippen molar-refractivity contribution in [1.82, 2.24) is 9.47 Å². The van der Waals surface area contributed by atoms with Gasteiger partial charge in [0.05, 0.1) is 12.5 Å². The molecule has 2 atom stereocenters. The Morgan fingerprint density at radius 2 is 2.03 bits per heavy atom. The zero-order valence-corrected chi connectivity index (χ0v) is 17.9. The summed E-state index contributed by atoms with van der Waals surface area (Å²) in [6.07, 6.45) is 10.2. The lowest BCUT2D eigenvalue weighted by molar-refractivity contribution is -0.149. The normalized spacial score (nSPS) is 24.8. The molecule has 154 valence electrons. The van der Waals surface area contributed by atoms with Gasteiger partial charge in [0.25, 0.3) is 0 Å². The van der Waals surface area contributed by atoms with E-state index in [0.717, 1.165) is 25.8 Å². The second-order valence-corrected chi connectivity index (χ2v) is 9.51. The Kier molecular flexibility index (Phi) is 4.78. The van der Waals surface area contributed by atoms with E-state index in [0.29, 0.717) is 18.7 Å². The lowest BCUT2D eigenvalue weighted by Crippen LogP contribution is -2.43. The van der Waals surface area contributed by atoms with Gasteiger partial charge in [0, 0.05) is 41.6 Å². The molecule has 4 nitrogen and oxygen atoms in total. The number of ether oxygens (including phenoxy) is 1. The summed E-state index contributed by atoms with van der Waals surface area (Å²) in [4.78, 5) is 14.8. The number of likely N-dealkylation sites (N-methyl/N-ethyl adjacent to an activating group) is 1. The van der Waals surface area contributed by atoms with Gasteiger partial charge in [-0.2, -0.15) is 0 Å². The molecule has 0 unspecified atom stereocenters. The first-order valence-corrected chi connectivity index (χ1v) is 11.2. The highest BCUT2D eigenvalue weighted by Crippen LogP contribution is 2.42. The van der Waals surface area contributed by atoms with Crippen molar-refractivity contribution in [3.05, 3.63) is 41.6 Å².